The fourth-order valence-electron chi connectivity index (χ4n) is 2.50. The smallest absolute Gasteiger partial charge is 0.267 e. The van der Waals surface area contributed by atoms with Crippen LogP contribution in [0, 0.1) is 0 Å². The molecule has 0 radical (unpaired) electrons. The third kappa shape index (κ3) is 5.08. The summed E-state index contributed by atoms with van der Waals surface area (Å²) in [5.41, 5.74) is 3.06. The lowest BCUT2D eigenvalue weighted by Crippen LogP contribution is -2.14. The summed E-state index contributed by atoms with van der Waals surface area (Å²) in [5.74, 6) is 1.99. The summed E-state index contributed by atoms with van der Waals surface area (Å²) in [5, 5.41) is 8.52. The average molecular weight is 389 g/mol. The van der Waals surface area contributed by atoms with Crippen molar-refractivity contribution < 1.29 is 33.7 Å². The Morgan fingerprint density at radius 1 is 0.929 bits per heavy atom. The summed E-state index contributed by atoms with van der Waals surface area (Å²) in [6, 6.07) is 8.81. The van der Waals surface area contributed by atoms with E-state index in [0.29, 0.717) is 34.3 Å². The predicted octanol–water partition coefficient (Wildman–Crippen LogP) is 2.82. The van der Waals surface area contributed by atoms with E-state index in [2.05, 4.69) is 0 Å². The summed E-state index contributed by atoms with van der Waals surface area (Å²) >= 11 is 0. The molecule has 0 aliphatic heterocycles. The van der Waals surface area contributed by atoms with E-state index >= 15 is 0 Å². The largest absolute Gasteiger partial charge is 0.493 e. The molecule has 2 aromatic rings. The van der Waals surface area contributed by atoms with Gasteiger partial charge in [-0.2, -0.15) is 0 Å². The maximum Gasteiger partial charge on any atom is 0.267 e. The molecule has 2 N–H and O–H groups in total. The van der Waals surface area contributed by atoms with E-state index in [1.807, 2.05) is 0 Å². The number of rotatable bonds is 9. The van der Waals surface area contributed by atoms with Gasteiger partial charge in [-0.1, -0.05) is 6.07 Å². The summed E-state index contributed by atoms with van der Waals surface area (Å²) < 4.78 is 27.2. The van der Waals surface area contributed by atoms with Gasteiger partial charge in [-0.15, -0.1) is 0 Å². The Hall–Kier alpha value is -3.39. The van der Waals surface area contributed by atoms with Crippen LogP contribution >= 0.6 is 0 Å². The fourth-order valence-corrected chi connectivity index (χ4v) is 2.50. The molecule has 0 bridgehead atoms. The molecule has 8 nitrogen and oxygen atoms in total. The molecule has 0 fully saturated rings. The zero-order chi connectivity index (χ0) is 20.5. The molecule has 2 aromatic carbocycles. The van der Waals surface area contributed by atoms with E-state index in [1.165, 1.54) is 24.7 Å². The topological polar surface area (TPSA) is 95.5 Å². The molecule has 0 aromatic heterocycles. The van der Waals surface area contributed by atoms with Gasteiger partial charge in [0, 0.05) is 6.08 Å². The van der Waals surface area contributed by atoms with Gasteiger partial charge in [0.25, 0.3) is 5.91 Å². The second kappa shape index (κ2) is 10.1. The molecule has 0 saturated heterocycles. The third-order valence-corrected chi connectivity index (χ3v) is 3.84. The first-order valence-electron chi connectivity index (χ1n) is 8.28. The van der Waals surface area contributed by atoms with E-state index in [9.17, 15) is 4.79 Å². The maximum atomic E-state index is 11.1. The van der Waals surface area contributed by atoms with Crippen LogP contribution in [0.25, 0.3) is 6.08 Å². The number of ether oxygens (including phenoxy) is 5. The molecule has 0 unspecified atom stereocenters. The van der Waals surface area contributed by atoms with Crippen LogP contribution in [0.15, 0.2) is 36.4 Å². The molecule has 1 amide bonds. The Morgan fingerprint density at radius 3 is 2.11 bits per heavy atom. The van der Waals surface area contributed by atoms with E-state index in [-0.39, 0.29) is 6.61 Å². The van der Waals surface area contributed by atoms with Crippen molar-refractivity contribution in [3.63, 3.8) is 0 Å². The highest BCUT2D eigenvalue weighted by molar-refractivity contribution is 5.90. The van der Waals surface area contributed by atoms with Crippen LogP contribution < -0.4 is 29.2 Å². The molecule has 0 aliphatic carbocycles. The van der Waals surface area contributed by atoms with E-state index in [0.717, 1.165) is 5.56 Å². The summed E-state index contributed by atoms with van der Waals surface area (Å²) in [6.07, 6.45) is 2.74. The molecule has 0 saturated carbocycles. The number of amides is 1. The first-order valence-corrected chi connectivity index (χ1v) is 8.28. The van der Waals surface area contributed by atoms with E-state index in [4.69, 9.17) is 28.9 Å². The monoisotopic (exact) mass is 389 g/mol. The molecule has 8 heteroatoms. The SMILES string of the molecule is COc1cc(/C=C/C(=O)NO)ccc1OCc1cc(OC)c(OC)c(OC)c1. The molecular weight excluding hydrogens is 366 g/mol. The van der Waals surface area contributed by atoms with Crippen LogP contribution in [0.4, 0.5) is 0 Å². The standard InChI is InChI=1S/C20H23NO7/c1-24-16-9-13(6-8-19(22)21-23)5-7-15(16)28-12-14-10-17(25-2)20(27-4)18(11-14)26-3/h5-11,23H,12H2,1-4H3,(H,21,22)/b8-6+. The number of carbonyl (C=O) groups excluding carboxylic acids is 1. The maximum absolute atomic E-state index is 11.1. The average Bonchev–Trinajstić information content (AvgIpc) is 2.74. The number of hydrogen-bond donors (Lipinski definition) is 2. The van der Waals surface area contributed by atoms with Crippen molar-refractivity contribution in [3.05, 3.63) is 47.5 Å². The molecule has 0 atom stereocenters. The van der Waals surface area contributed by atoms with Crippen LogP contribution in [-0.2, 0) is 11.4 Å². The number of hydrogen-bond acceptors (Lipinski definition) is 7. The molecule has 2 rings (SSSR count). The zero-order valence-corrected chi connectivity index (χ0v) is 16.1. The fraction of sp³-hybridized carbons (Fsp3) is 0.250. The Kier molecular flexibility index (Phi) is 7.53. The summed E-state index contributed by atoms with van der Waals surface area (Å²) in [7, 11) is 6.17. The van der Waals surface area contributed by atoms with Gasteiger partial charge in [0.2, 0.25) is 5.75 Å². The Balaban J connectivity index is 2.20. The van der Waals surface area contributed by atoms with Gasteiger partial charge in [-0.25, -0.2) is 5.48 Å². The highest BCUT2D eigenvalue weighted by atomic mass is 16.5. The number of hydroxylamine groups is 1. The summed E-state index contributed by atoms with van der Waals surface area (Å²) in [6.45, 7) is 0.245. The second-order valence-corrected chi connectivity index (χ2v) is 5.54. The summed E-state index contributed by atoms with van der Waals surface area (Å²) in [4.78, 5) is 11.1. The van der Waals surface area contributed by atoms with Gasteiger partial charge in [0.15, 0.2) is 23.0 Å². The van der Waals surface area contributed by atoms with Gasteiger partial charge in [-0.05, 0) is 41.5 Å². The van der Waals surface area contributed by atoms with Gasteiger partial charge in [-0.3, -0.25) is 10.0 Å². The van der Waals surface area contributed by atoms with E-state index < -0.39 is 5.91 Å². The van der Waals surface area contributed by atoms with E-state index in [1.54, 1.807) is 51.7 Å². The van der Waals surface area contributed by atoms with Crippen molar-refractivity contribution in [1.29, 1.82) is 0 Å². The van der Waals surface area contributed by atoms with Crippen LogP contribution in [-0.4, -0.2) is 39.6 Å². The third-order valence-electron chi connectivity index (χ3n) is 3.84. The van der Waals surface area contributed by atoms with Crippen molar-refractivity contribution in [2.24, 2.45) is 0 Å². The molecular formula is C20H23NO7. The Labute approximate surface area is 163 Å². The van der Waals surface area contributed by atoms with Gasteiger partial charge in [0.1, 0.15) is 6.61 Å². The molecule has 0 spiro atoms. The van der Waals surface area contributed by atoms with Gasteiger partial charge in [0.05, 0.1) is 28.4 Å². The van der Waals surface area contributed by atoms with Crippen molar-refractivity contribution in [2.45, 2.75) is 6.61 Å². The van der Waals surface area contributed by atoms with Crippen LogP contribution in [0.3, 0.4) is 0 Å². The van der Waals surface area contributed by atoms with Crippen molar-refractivity contribution in [3.8, 4) is 28.7 Å². The minimum atomic E-state index is -0.623. The minimum absolute atomic E-state index is 0.245. The highest BCUT2D eigenvalue weighted by Gasteiger charge is 2.14. The molecule has 0 heterocycles. The first-order chi connectivity index (χ1) is 13.6. The van der Waals surface area contributed by atoms with Gasteiger partial charge >= 0.3 is 0 Å². The lowest BCUT2D eigenvalue weighted by molar-refractivity contribution is -0.124. The zero-order valence-electron chi connectivity index (χ0n) is 16.1. The lowest BCUT2D eigenvalue weighted by atomic mass is 10.1. The predicted molar refractivity (Wildman–Crippen MR) is 102 cm³/mol. The van der Waals surface area contributed by atoms with Crippen LogP contribution in [0.2, 0.25) is 0 Å². The van der Waals surface area contributed by atoms with Crippen molar-refractivity contribution in [1.82, 2.24) is 5.48 Å². The van der Waals surface area contributed by atoms with Gasteiger partial charge < -0.3 is 23.7 Å². The van der Waals surface area contributed by atoms with Crippen molar-refractivity contribution >= 4 is 12.0 Å². The van der Waals surface area contributed by atoms with Crippen LogP contribution in [0.1, 0.15) is 11.1 Å². The number of methoxy groups -OCH3 is 4. The number of nitrogens with one attached hydrogen (secondary N) is 1. The molecule has 0 aliphatic rings. The minimum Gasteiger partial charge on any atom is -0.493 e. The van der Waals surface area contributed by atoms with Crippen LogP contribution in [0.5, 0.6) is 28.7 Å². The Bertz CT molecular complexity index is 823. The normalized spacial score (nSPS) is 10.5. The van der Waals surface area contributed by atoms with Crippen molar-refractivity contribution in [2.75, 3.05) is 28.4 Å². The Morgan fingerprint density at radius 2 is 1.57 bits per heavy atom. The number of carbonyl (C=O) groups is 1. The number of benzene rings is 2. The second-order valence-electron chi connectivity index (χ2n) is 5.54. The molecule has 150 valence electrons. The highest BCUT2D eigenvalue weighted by Crippen LogP contribution is 2.38. The molecule has 28 heavy (non-hydrogen) atoms. The lowest BCUT2D eigenvalue weighted by Gasteiger charge is -2.15. The quantitative estimate of drug-likeness (QED) is 0.387. The first kappa shape index (κ1) is 20.9.